The number of hydrogen-bond acceptors (Lipinski definition) is 19. The van der Waals surface area contributed by atoms with Crippen LogP contribution in [-0.2, 0) is 54.4 Å². The minimum Gasteiger partial charge on any atom is -0.480 e. The molecule has 3 aromatic rings. The molecule has 0 radical (unpaired) electrons. The van der Waals surface area contributed by atoms with Gasteiger partial charge in [-0.2, -0.15) is 26.7 Å². The van der Waals surface area contributed by atoms with Crippen LogP contribution >= 0.6 is 23.5 Å². The molecule has 0 bridgehead atoms. The molecule has 25 heteroatoms. The predicted molar refractivity (Wildman–Crippen MR) is 331 cm³/mol. The zero-order valence-corrected chi connectivity index (χ0v) is 52.3. The summed E-state index contributed by atoms with van der Waals surface area (Å²) in [4.78, 5) is 122. The lowest BCUT2D eigenvalue weighted by molar-refractivity contribution is -0.155. The van der Waals surface area contributed by atoms with Crippen LogP contribution in [0.1, 0.15) is 149 Å². The van der Waals surface area contributed by atoms with Gasteiger partial charge in [0, 0.05) is 73.1 Å². The van der Waals surface area contributed by atoms with Gasteiger partial charge in [-0.05, 0) is 119 Å². The van der Waals surface area contributed by atoms with Gasteiger partial charge in [0.05, 0.1) is 37.3 Å². The molecule has 4 heterocycles. The topological polar surface area (TPSA) is 320 Å². The number of methoxy groups -OCH3 is 1. The van der Waals surface area contributed by atoms with Crippen molar-refractivity contribution >= 4 is 99.3 Å². The van der Waals surface area contributed by atoms with E-state index < -0.39 is 41.0 Å². The third kappa shape index (κ3) is 15.8. The molecule has 8 rings (SSSR count). The third-order valence-corrected chi connectivity index (χ3v) is 20.7. The number of esters is 1. The lowest BCUT2D eigenvalue weighted by Gasteiger charge is -2.63. The number of imide groups is 1. The van der Waals surface area contributed by atoms with Gasteiger partial charge in [0.1, 0.15) is 12.1 Å². The summed E-state index contributed by atoms with van der Waals surface area (Å²) in [7, 11) is 1.19. The number of aromatic hydroxyl groups is 1. The van der Waals surface area contributed by atoms with Crippen LogP contribution in [0.3, 0.4) is 0 Å². The Morgan fingerprint density at radius 1 is 0.872 bits per heavy atom. The Kier molecular flexibility index (Phi) is 23.6. The van der Waals surface area contributed by atoms with Crippen LogP contribution in [0.2, 0.25) is 0 Å². The number of likely N-dealkylation sites (tertiary alicyclic amines) is 1. The van der Waals surface area contributed by atoms with E-state index in [1.54, 1.807) is 24.3 Å². The van der Waals surface area contributed by atoms with Crippen molar-refractivity contribution in [2.75, 3.05) is 73.6 Å². The predicted octanol–water partition coefficient (Wildman–Crippen LogP) is 5.87. The molecule has 8 atom stereocenters. The number of Topliss-reactive ketones (excluding diaryl/α,β-unsaturated/α-hetero) is 1. The number of nitrogen functional groups attached to an aromatic ring is 1. The molecule has 9 N–H and O–H groups in total. The first-order valence-electron chi connectivity index (χ1n) is 31.1. The van der Waals surface area contributed by atoms with E-state index in [4.69, 9.17) is 15.2 Å². The first kappa shape index (κ1) is 65.9. The van der Waals surface area contributed by atoms with Crippen LogP contribution < -0.4 is 37.6 Å². The van der Waals surface area contributed by atoms with Gasteiger partial charge < -0.3 is 52.2 Å². The van der Waals surface area contributed by atoms with Crippen LogP contribution in [0.5, 0.6) is 6.01 Å². The number of nitrogens with zero attached hydrogens (tertiary/aromatic N) is 5. The van der Waals surface area contributed by atoms with Gasteiger partial charge in [-0.25, -0.2) is 4.79 Å². The summed E-state index contributed by atoms with van der Waals surface area (Å²) in [6, 6.07) is 4.26. The van der Waals surface area contributed by atoms with Crippen LogP contribution in [0, 0.1) is 29.1 Å². The fraction of sp³-hybridized carbons (Fsp3) is 0.689. The number of imidazole rings is 1. The number of fused-ring (bicyclic) bond motifs is 5. The van der Waals surface area contributed by atoms with Crippen molar-refractivity contribution in [3.63, 3.8) is 0 Å². The second kappa shape index (κ2) is 30.7. The molecule has 0 spiro atoms. The molecule has 2 saturated heterocycles. The van der Waals surface area contributed by atoms with E-state index in [-0.39, 0.29) is 108 Å². The van der Waals surface area contributed by atoms with Gasteiger partial charge in [-0.1, -0.05) is 58.6 Å². The second-order valence-corrected chi connectivity index (χ2v) is 26.6. The largest absolute Gasteiger partial charge is 0.480 e. The summed E-state index contributed by atoms with van der Waals surface area (Å²) in [6.45, 7) is 11.1. The molecule has 8 unspecified atom stereocenters. The summed E-state index contributed by atoms with van der Waals surface area (Å²) >= 11 is 2.59. The number of ketones is 1. The summed E-state index contributed by atoms with van der Waals surface area (Å²) < 4.78 is 12.2. The van der Waals surface area contributed by atoms with E-state index in [2.05, 4.69) is 67.6 Å². The molecule has 1 aromatic carbocycles. The summed E-state index contributed by atoms with van der Waals surface area (Å²) in [5.41, 5.74) is 7.59. The van der Waals surface area contributed by atoms with Crippen molar-refractivity contribution in [3.8, 4) is 6.01 Å². The van der Waals surface area contributed by atoms with Crippen molar-refractivity contribution in [3.05, 3.63) is 29.8 Å². The van der Waals surface area contributed by atoms with Gasteiger partial charge in [-0.3, -0.25) is 43.0 Å². The minimum absolute atomic E-state index is 0.0221. The standard InChI is InChI=1S/C61H90N12O11S2/c1-6-8-27-64-58-69-52(62)50-53(70-58)73(59(82)68-50)34-38-19-23-40(24-20-38)65-47(74)26-25-44(57(81)83-5)66-55(79)45(35-85-31-30-84-29-7-2)67-54(78)39-21-17-37(18-22-39)33-72-49(76)32-46(56(72)80)86-36-48(75)63-28-13-12-16-43-51(77)60(3)41-14-10-9-11-15-42(41)61(60,4)71-43/h19-20,23-24,37,39,41-46,71H,6-18,21-22,25-36H2,1-5H3,(H,63,75)(H,65,74)(H,66,79)(H,67,78)(H,68,82)(H3,62,64,69,70). The fourth-order valence-electron chi connectivity index (χ4n) is 13.5. The smallest absolute Gasteiger partial charge is 0.328 e. The summed E-state index contributed by atoms with van der Waals surface area (Å²) in [6.07, 6.45) is 12.9. The van der Waals surface area contributed by atoms with Crippen molar-refractivity contribution in [2.45, 2.75) is 179 Å². The zero-order valence-electron chi connectivity index (χ0n) is 50.7. The quantitative estimate of drug-likeness (QED) is 0.0206. The monoisotopic (exact) mass is 1230 g/mol. The maximum absolute atomic E-state index is 14.0. The van der Waals surface area contributed by atoms with Crippen LogP contribution in [0.4, 0.5) is 17.5 Å². The normalized spacial score (nSPS) is 25.1. The van der Waals surface area contributed by atoms with Gasteiger partial charge in [-0.15, -0.1) is 11.8 Å². The van der Waals surface area contributed by atoms with Crippen molar-refractivity contribution in [1.82, 2.24) is 45.7 Å². The van der Waals surface area contributed by atoms with Crippen LogP contribution in [0.15, 0.2) is 24.3 Å². The molecule has 3 saturated carbocycles. The Hall–Kier alpha value is -6.05. The maximum atomic E-state index is 14.0. The average Bonchev–Trinajstić information content (AvgIpc) is 1.45. The number of nitrogens with two attached hydrogens (primary N) is 1. The molecule has 2 aliphatic heterocycles. The van der Waals surface area contributed by atoms with Gasteiger partial charge in [0.25, 0.3) is 6.01 Å². The van der Waals surface area contributed by atoms with E-state index in [0.29, 0.717) is 92.6 Å². The Bertz CT molecular complexity index is 2890. The number of amides is 6. The molecule has 2 aromatic heterocycles. The molecule has 3 aliphatic carbocycles. The number of nitrogens with one attached hydrogen (secondary N) is 6. The number of anilines is 3. The number of carbonyl (C=O) groups excluding carboxylic acids is 8. The van der Waals surface area contributed by atoms with Gasteiger partial charge >= 0.3 is 5.97 Å². The lowest BCUT2D eigenvalue weighted by atomic mass is 9.42. The third-order valence-electron chi connectivity index (χ3n) is 18.5. The molecule has 5 fully saturated rings. The number of unbranched alkanes of at least 4 members (excludes halogenated alkanes) is 2. The van der Waals surface area contributed by atoms with Crippen LogP contribution in [-0.4, -0.2) is 163 Å². The molecule has 6 amide bonds. The first-order chi connectivity index (χ1) is 41.4. The number of carbonyl (C=O) groups is 8. The fourth-order valence-corrected chi connectivity index (χ4v) is 15.4. The minimum atomic E-state index is -1.20. The Balaban J connectivity index is 0.754. The summed E-state index contributed by atoms with van der Waals surface area (Å²) in [5, 5.41) is 28.4. The Morgan fingerprint density at radius 2 is 1.63 bits per heavy atom. The number of ether oxygens (including phenoxy) is 2. The zero-order chi connectivity index (χ0) is 61.5. The molecule has 472 valence electrons. The molecule has 86 heavy (non-hydrogen) atoms. The van der Waals surface area contributed by atoms with E-state index in [9.17, 15) is 43.5 Å². The molecule has 5 aliphatic rings. The number of thioether (sulfide) groups is 2. The van der Waals surface area contributed by atoms with E-state index in [1.807, 2.05) is 6.92 Å². The van der Waals surface area contributed by atoms with Gasteiger partial charge in [0.2, 0.25) is 41.4 Å². The number of aromatic nitrogens is 4. The van der Waals surface area contributed by atoms with E-state index in [0.717, 1.165) is 50.5 Å². The lowest BCUT2D eigenvalue weighted by Crippen LogP contribution is -2.70. The van der Waals surface area contributed by atoms with Crippen molar-refractivity contribution in [2.24, 2.45) is 29.1 Å². The van der Waals surface area contributed by atoms with Crippen LogP contribution in [0.25, 0.3) is 11.2 Å². The summed E-state index contributed by atoms with van der Waals surface area (Å²) in [5.74, 6) is -0.695. The highest BCUT2D eigenvalue weighted by Gasteiger charge is 2.74. The van der Waals surface area contributed by atoms with E-state index >= 15 is 0 Å². The number of benzene rings is 1. The number of rotatable bonds is 32. The molecular formula is C61H90N12O11S2. The second-order valence-electron chi connectivity index (χ2n) is 24.2. The Labute approximate surface area is 512 Å². The first-order valence-corrected chi connectivity index (χ1v) is 33.3. The average molecular weight is 1230 g/mol. The molecular weight excluding hydrogens is 1140 g/mol. The van der Waals surface area contributed by atoms with Crippen molar-refractivity contribution in [1.29, 1.82) is 0 Å². The Morgan fingerprint density at radius 3 is 2.36 bits per heavy atom. The van der Waals surface area contributed by atoms with Crippen molar-refractivity contribution < 1.29 is 52.9 Å². The maximum Gasteiger partial charge on any atom is 0.328 e. The SMILES string of the molecule is CCCCNc1nc(N)c2nc(O)n(Cc3ccc(NC(=O)CCC(NC(=O)C(CSCCOCCC)NC(=O)C4CCC(CN5C(=O)CC(SCC(=O)NCCCCC6NC7(C)C8CCCCCC8C7(C)C6=O)C5=O)CC4)C(=O)OC)cc3)c2n1. The highest BCUT2D eigenvalue weighted by Crippen LogP contribution is 2.66. The number of hydrogen-bond donors (Lipinski definition) is 8. The highest BCUT2D eigenvalue weighted by molar-refractivity contribution is 8.01. The molecule has 23 nitrogen and oxygen atoms in total. The van der Waals surface area contributed by atoms with Gasteiger partial charge in [0.15, 0.2) is 22.8 Å². The van der Waals surface area contributed by atoms with E-state index in [1.165, 1.54) is 65.8 Å². The highest BCUT2D eigenvalue weighted by atomic mass is 32.2.